The van der Waals surface area contributed by atoms with Crippen LogP contribution in [0.1, 0.15) is 28.8 Å². The molecule has 0 spiro atoms. The van der Waals surface area contributed by atoms with Crippen molar-refractivity contribution in [1.29, 1.82) is 0 Å². The monoisotopic (exact) mass is 473 g/mol. The Bertz CT molecular complexity index is 1250. The third-order valence-electron chi connectivity index (χ3n) is 5.76. The molecule has 1 saturated heterocycles. The number of nitrogens with one attached hydrogen (secondary N) is 1. The van der Waals surface area contributed by atoms with Crippen molar-refractivity contribution >= 4 is 29.0 Å². The van der Waals surface area contributed by atoms with E-state index in [1.807, 2.05) is 7.05 Å². The van der Waals surface area contributed by atoms with Gasteiger partial charge in [0, 0.05) is 23.4 Å². The molecule has 0 bridgehead atoms. The van der Waals surface area contributed by atoms with Gasteiger partial charge in [0.1, 0.15) is 11.4 Å². The molecular formula is C23H22F3N5O3. The third kappa shape index (κ3) is 4.65. The molecule has 0 aliphatic carbocycles. The number of primary amides is 1. The van der Waals surface area contributed by atoms with Crippen molar-refractivity contribution in [3.05, 3.63) is 47.5 Å². The number of nitrogens with two attached hydrogens (primary N) is 1. The zero-order valence-electron chi connectivity index (χ0n) is 18.2. The largest absolute Gasteiger partial charge is 0.428 e. The first-order valence-corrected chi connectivity index (χ1v) is 10.5. The first-order valence-electron chi connectivity index (χ1n) is 10.5. The second kappa shape index (κ2) is 9.26. The van der Waals surface area contributed by atoms with Crippen LogP contribution in [0.5, 0.6) is 5.75 Å². The lowest BCUT2D eigenvalue weighted by atomic mass is 9.96. The van der Waals surface area contributed by atoms with Gasteiger partial charge in [-0.2, -0.15) is 13.2 Å². The van der Waals surface area contributed by atoms with Gasteiger partial charge in [0.05, 0.1) is 16.7 Å². The average Bonchev–Trinajstić information content (AvgIpc) is 2.79. The van der Waals surface area contributed by atoms with Crippen molar-refractivity contribution in [3.63, 3.8) is 0 Å². The van der Waals surface area contributed by atoms with Crippen LogP contribution in [0.3, 0.4) is 0 Å². The summed E-state index contributed by atoms with van der Waals surface area (Å²) in [6.45, 7) is 1.81. The Kier molecular flexibility index (Phi) is 6.38. The zero-order chi connectivity index (χ0) is 24.5. The highest BCUT2D eigenvalue weighted by atomic mass is 19.4. The van der Waals surface area contributed by atoms with E-state index in [9.17, 15) is 22.8 Å². The van der Waals surface area contributed by atoms with Gasteiger partial charge in [0.2, 0.25) is 5.91 Å². The predicted molar refractivity (Wildman–Crippen MR) is 119 cm³/mol. The van der Waals surface area contributed by atoms with Crippen LogP contribution >= 0.6 is 0 Å². The molecule has 0 saturated carbocycles. The van der Waals surface area contributed by atoms with Crippen LogP contribution < -0.4 is 15.8 Å². The smallest absolute Gasteiger partial charge is 0.416 e. The van der Waals surface area contributed by atoms with Gasteiger partial charge in [0.15, 0.2) is 5.82 Å². The quantitative estimate of drug-likeness (QED) is 0.528. The number of likely N-dealkylation sites (tertiary alicyclic amines) is 1. The summed E-state index contributed by atoms with van der Waals surface area (Å²) in [6.07, 6.45) is -2.82. The number of carbonyl (C=O) groups excluding carboxylic acids is 2. The Morgan fingerprint density at radius 2 is 1.97 bits per heavy atom. The Morgan fingerprint density at radius 3 is 2.62 bits per heavy atom. The number of alkyl halides is 3. The molecular weight excluding hydrogens is 451 g/mol. The molecule has 0 radical (unpaired) electrons. The number of fused-ring (bicyclic) bond motifs is 1. The molecule has 3 aromatic rings. The lowest BCUT2D eigenvalue weighted by Gasteiger charge is -2.30. The van der Waals surface area contributed by atoms with Gasteiger partial charge in [-0.15, -0.1) is 10.2 Å². The fraction of sp³-hybridized carbons (Fsp3) is 0.304. The number of nitrogens with zero attached hydrogens (tertiary/aromatic N) is 3. The van der Waals surface area contributed by atoms with Gasteiger partial charge in [-0.25, -0.2) is 0 Å². The Balaban J connectivity index is 1.90. The van der Waals surface area contributed by atoms with Crippen molar-refractivity contribution in [3.8, 4) is 17.0 Å². The normalized spacial score (nSPS) is 16.9. The number of anilines is 1. The number of halogens is 3. The van der Waals surface area contributed by atoms with Crippen LogP contribution in [-0.2, 0) is 11.0 Å². The number of ether oxygens (including phenoxy) is 1. The van der Waals surface area contributed by atoms with Crippen LogP contribution in [0.15, 0.2) is 36.4 Å². The van der Waals surface area contributed by atoms with E-state index in [0.29, 0.717) is 28.7 Å². The maximum atomic E-state index is 13.4. The molecule has 0 unspecified atom stereocenters. The number of carbonyl (C=O) groups is 2. The summed E-state index contributed by atoms with van der Waals surface area (Å²) in [5, 5.41) is 13.1. The molecule has 2 heterocycles. The molecule has 1 aromatic heterocycles. The van der Waals surface area contributed by atoms with Gasteiger partial charge in [-0.05, 0) is 38.6 Å². The van der Waals surface area contributed by atoms with E-state index in [4.69, 9.17) is 10.5 Å². The molecule has 1 fully saturated rings. The second-order valence-corrected chi connectivity index (χ2v) is 8.16. The first kappa shape index (κ1) is 23.4. The number of benzene rings is 2. The summed E-state index contributed by atoms with van der Waals surface area (Å²) in [5.74, 6) is -1.12. The Labute approximate surface area is 192 Å². The van der Waals surface area contributed by atoms with Crippen molar-refractivity contribution < 1.29 is 27.5 Å². The van der Waals surface area contributed by atoms with Crippen molar-refractivity contribution in [2.75, 3.05) is 25.5 Å². The lowest BCUT2D eigenvalue weighted by molar-refractivity contribution is -0.138. The maximum Gasteiger partial charge on any atom is 0.416 e. The number of piperidine rings is 1. The number of likely N-dealkylation sites (N-methyl/N-ethyl adjacent to an activating group) is 1. The Hall–Kier alpha value is -3.73. The van der Waals surface area contributed by atoms with Crippen molar-refractivity contribution in [1.82, 2.24) is 15.1 Å². The third-order valence-corrected chi connectivity index (χ3v) is 5.76. The zero-order valence-corrected chi connectivity index (χ0v) is 18.2. The lowest BCUT2D eigenvalue weighted by Crippen LogP contribution is -2.40. The molecule has 1 amide bonds. The SMILES string of the molecule is CN1CCC[C@@H](Nc2nnc(-c3c(OC=O)cc(C(F)(F)F)cc3C(N)=O)c3ccccc23)C1. The first-order chi connectivity index (χ1) is 16.2. The summed E-state index contributed by atoms with van der Waals surface area (Å²) in [6, 6.07) is 8.40. The van der Waals surface area contributed by atoms with Crippen molar-refractivity contribution in [2.24, 2.45) is 5.73 Å². The summed E-state index contributed by atoms with van der Waals surface area (Å²) >= 11 is 0. The van der Waals surface area contributed by atoms with Crippen LogP contribution in [-0.4, -0.2) is 53.7 Å². The topological polar surface area (TPSA) is 110 Å². The van der Waals surface area contributed by atoms with E-state index in [1.54, 1.807) is 24.3 Å². The highest BCUT2D eigenvalue weighted by molar-refractivity contribution is 6.07. The van der Waals surface area contributed by atoms with Crippen LogP contribution in [0.25, 0.3) is 22.0 Å². The molecule has 1 atom stereocenters. The summed E-state index contributed by atoms with van der Waals surface area (Å²) in [7, 11) is 2.03. The number of rotatable bonds is 6. The highest BCUT2D eigenvalue weighted by Crippen LogP contribution is 2.41. The minimum absolute atomic E-state index is 0.0190. The van der Waals surface area contributed by atoms with Crippen LogP contribution in [0, 0.1) is 0 Å². The standard InChI is InChI=1S/C23H22F3N5O3/c1-31-8-4-5-14(11-31)28-22-16-7-3-2-6-15(16)20(29-30-22)19-17(21(27)33)9-13(23(24,25)26)10-18(19)34-12-32/h2-3,6-7,9-10,12,14H,4-5,8,11H2,1H3,(H2,27,33)(H,28,30)/t14-/m1/s1. The van der Waals surface area contributed by atoms with E-state index in [0.717, 1.165) is 25.9 Å². The summed E-state index contributed by atoms with van der Waals surface area (Å²) < 4.78 is 45.1. The van der Waals surface area contributed by atoms with Gasteiger partial charge in [0.25, 0.3) is 6.47 Å². The van der Waals surface area contributed by atoms with Gasteiger partial charge in [-0.3, -0.25) is 9.59 Å². The van der Waals surface area contributed by atoms with Crippen molar-refractivity contribution in [2.45, 2.75) is 25.1 Å². The van der Waals surface area contributed by atoms with E-state index >= 15 is 0 Å². The molecule has 8 nitrogen and oxygen atoms in total. The van der Waals surface area contributed by atoms with E-state index in [2.05, 4.69) is 20.4 Å². The minimum Gasteiger partial charge on any atom is -0.428 e. The van der Waals surface area contributed by atoms with E-state index < -0.39 is 29.0 Å². The number of amides is 1. The summed E-state index contributed by atoms with van der Waals surface area (Å²) in [5.41, 5.74) is 3.69. The molecule has 1 aliphatic rings. The van der Waals surface area contributed by atoms with Crippen LogP contribution in [0.2, 0.25) is 0 Å². The molecule has 34 heavy (non-hydrogen) atoms. The number of hydrogen-bond acceptors (Lipinski definition) is 7. The molecule has 3 N–H and O–H groups in total. The van der Waals surface area contributed by atoms with Gasteiger partial charge >= 0.3 is 6.18 Å². The minimum atomic E-state index is -4.79. The fourth-order valence-corrected chi connectivity index (χ4v) is 4.24. The van der Waals surface area contributed by atoms with Gasteiger partial charge < -0.3 is 20.7 Å². The van der Waals surface area contributed by atoms with Crippen LogP contribution in [0.4, 0.5) is 19.0 Å². The average molecular weight is 473 g/mol. The number of hydrogen-bond donors (Lipinski definition) is 2. The molecule has 1 aliphatic heterocycles. The predicted octanol–water partition coefficient (Wildman–Crippen LogP) is 3.46. The Morgan fingerprint density at radius 1 is 1.24 bits per heavy atom. The maximum absolute atomic E-state index is 13.4. The van der Waals surface area contributed by atoms with E-state index in [-0.39, 0.29) is 23.8 Å². The molecule has 178 valence electrons. The number of aromatic nitrogens is 2. The fourth-order valence-electron chi connectivity index (χ4n) is 4.24. The molecule has 2 aromatic carbocycles. The summed E-state index contributed by atoms with van der Waals surface area (Å²) in [4.78, 5) is 25.5. The second-order valence-electron chi connectivity index (χ2n) is 8.16. The van der Waals surface area contributed by atoms with E-state index in [1.165, 1.54) is 0 Å². The molecule has 4 rings (SSSR count). The molecule has 11 heteroatoms. The highest BCUT2D eigenvalue weighted by Gasteiger charge is 2.34. The van der Waals surface area contributed by atoms with Gasteiger partial charge in [-0.1, -0.05) is 24.3 Å².